The van der Waals surface area contributed by atoms with E-state index in [-0.39, 0.29) is 17.7 Å². The number of ether oxygens (including phenoxy) is 1. The number of carbonyl (C=O) groups is 1. The molecule has 0 saturated heterocycles. The van der Waals surface area contributed by atoms with Crippen LogP contribution in [0.3, 0.4) is 0 Å². The molecule has 0 fully saturated rings. The second-order valence-corrected chi connectivity index (χ2v) is 7.92. The highest BCUT2D eigenvalue weighted by atomic mass is 16.5. The number of carbonyl (C=O) groups excluding carboxylic acids is 1. The third-order valence-corrected chi connectivity index (χ3v) is 4.47. The fraction of sp³-hybridized carbons (Fsp3) is 0.304. The molecule has 28 heavy (non-hydrogen) atoms. The molecule has 0 saturated carbocycles. The van der Waals surface area contributed by atoms with E-state index in [0.717, 1.165) is 28.4 Å². The number of nitrogens with zero attached hydrogens (tertiary/aromatic N) is 2. The zero-order valence-electron chi connectivity index (χ0n) is 16.9. The number of amides is 1. The van der Waals surface area contributed by atoms with E-state index < -0.39 is 0 Å². The molecule has 0 radical (unpaired) electrons. The number of benzene rings is 2. The van der Waals surface area contributed by atoms with Crippen LogP contribution in [0.15, 0.2) is 60.7 Å². The van der Waals surface area contributed by atoms with Crippen LogP contribution in [0.25, 0.3) is 0 Å². The highest BCUT2D eigenvalue weighted by Gasteiger charge is 2.19. The second kappa shape index (κ2) is 8.30. The molecule has 1 amide bonds. The van der Waals surface area contributed by atoms with Crippen molar-refractivity contribution >= 4 is 11.6 Å². The number of anilines is 1. The molecule has 1 N–H and O–H groups in total. The summed E-state index contributed by atoms with van der Waals surface area (Å²) in [5.41, 5.74) is 3.70. The largest absolute Gasteiger partial charge is 0.489 e. The van der Waals surface area contributed by atoms with Gasteiger partial charge in [-0.2, -0.15) is 5.10 Å². The van der Waals surface area contributed by atoms with Gasteiger partial charge in [-0.1, -0.05) is 51.1 Å². The molecule has 0 aliphatic carbocycles. The summed E-state index contributed by atoms with van der Waals surface area (Å²) in [5, 5.41) is 7.45. The highest BCUT2D eigenvalue weighted by Crippen LogP contribution is 2.22. The summed E-state index contributed by atoms with van der Waals surface area (Å²) >= 11 is 0. The van der Waals surface area contributed by atoms with Crippen molar-refractivity contribution in [1.29, 1.82) is 0 Å². The topological polar surface area (TPSA) is 56.2 Å². The van der Waals surface area contributed by atoms with Gasteiger partial charge in [0.2, 0.25) is 5.91 Å². The first-order valence-electron chi connectivity index (χ1n) is 9.41. The first kappa shape index (κ1) is 19.7. The van der Waals surface area contributed by atoms with E-state index in [1.54, 1.807) is 4.68 Å². The van der Waals surface area contributed by atoms with Crippen molar-refractivity contribution in [3.05, 3.63) is 77.6 Å². The molecule has 0 spiro atoms. The smallest absolute Gasteiger partial charge is 0.230 e. The van der Waals surface area contributed by atoms with Crippen molar-refractivity contribution in [2.45, 2.75) is 39.2 Å². The summed E-state index contributed by atoms with van der Waals surface area (Å²) in [6.45, 7) is 6.85. The maximum absolute atomic E-state index is 12.4. The Morgan fingerprint density at radius 3 is 2.36 bits per heavy atom. The monoisotopic (exact) mass is 377 g/mol. The fourth-order valence-corrected chi connectivity index (χ4v) is 2.78. The van der Waals surface area contributed by atoms with Crippen LogP contribution >= 0.6 is 0 Å². The maximum atomic E-state index is 12.4. The second-order valence-electron chi connectivity index (χ2n) is 7.92. The van der Waals surface area contributed by atoms with E-state index in [0.29, 0.717) is 6.61 Å². The Balaban J connectivity index is 1.55. The van der Waals surface area contributed by atoms with E-state index in [1.165, 1.54) is 0 Å². The zero-order chi connectivity index (χ0) is 20.1. The molecule has 2 aromatic carbocycles. The van der Waals surface area contributed by atoms with Crippen LogP contribution < -0.4 is 10.1 Å². The normalized spacial score (nSPS) is 11.3. The molecule has 3 aromatic rings. The molecular formula is C23H27N3O2. The van der Waals surface area contributed by atoms with Crippen LogP contribution in [0.1, 0.15) is 37.7 Å². The van der Waals surface area contributed by atoms with Gasteiger partial charge in [0.15, 0.2) is 0 Å². The molecule has 0 aliphatic rings. The molecule has 0 unspecified atom stereocenters. The van der Waals surface area contributed by atoms with Gasteiger partial charge in [-0.15, -0.1) is 0 Å². The number of nitrogens with one attached hydrogen (secondary N) is 1. The predicted octanol–water partition coefficient (Wildman–Crippen LogP) is 4.48. The van der Waals surface area contributed by atoms with E-state index in [1.807, 2.05) is 67.7 Å². The van der Waals surface area contributed by atoms with Gasteiger partial charge in [0, 0.05) is 23.8 Å². The summed E-state index contributed by atoms with van der Waals surface area (Å²) in [6, 6.07) is 19.4. The van der Waals surface area contributed by atoms with Gasteiger partial charge in [-0.25, -0.2) is 0 Å². The fourth-order valence-electron chi connectivity index (χ4n) is 2.78. The maximum Gasteiger partial charge on any atom is 0.230 e. The number of hydrogen-bond donors (Lipinski definition) is 1. The van der Waals surface area contributed by atoms with Crippen LogP contribution in [-0.2, 0) is 30.3 Å². The molecule has 146 valence electrons. The SMILES string of the molecule is Cn1nc(C(C)(C)C)cc1CC(=O)Nc1ccc(OCc2ccccc2)cc1. The van der Waals surface area contributed by atoms with Crippen molar-refractivity contribution in [2.75, 3.05) is 5.32 Å². The Labute approximate surface area is 166 Å². The average molecular weight is 377 g/mol. The average Bonchev–Trinajstić information content (AvgIpc) is 3.03. The van der Waals surface area contributed by atoms with Gasteiger partial charge in [0.25, 0.3) is 0 Å². The molecule has 5 heteroatoms. The summed E-state index contributed by atoms with van der Waals surface area (Å²) < 4.78 is 7.55. The highest BCUT2D eigenvalue weighted by molar-refractivity contribution is 5.92. The molecule has 5 nitrogen and oxygen atoms in total. The summed E-state index contributed by atoms with van der Waals surface area (Å²) in [7, 11) is 1.87. The molecular weight excluding hydrogens is 350 g/mol. The van der Waals surface area contributed by atoms with Gasteiger partial charge < -0.3 is 10.1 Å². The Hall–Kier alpha value is -3.08. The van der Waals surface area contributed by atoms with Crippen molar-refractivity contribution in [1.82, 2.24) is 9.78 Å². The first-order chi connectivity index (χ1) is 13.3. The summed E-state index contributed by atoms with van der Waals surface area (Å²) in [6.07, 6.45) is 0.284. The minimum absolute atomic E-state index is 0.0396. The first-order valence-corrected chi connectivity index (χ1v) is 9.41. The predicted molar refractivity (Wildman–Crippen MR) is 111 cm³/mol. The number of hydrogen-bond acceptors (Lipinski definition) is 3. The molecule has 0 atom stereocenters. The number of aryl methyl sites for hydroxylation is 1. The minimum atomic E-state index is -0.0681. The van der Waals surface area contributed by atoms with Crippen molar-refractivity contribution in [3.8, 4) is 5.75 Å². The van der Waals surface area contributed by atoms with Gasteiger partial charge in [0.05, 0.1) is 12.1 Å². The van der Waals surface area contributed by atoms with E-state index in [4.69, 9.17) is 4.74 Å². The number of aromatic nitrogens is 2. The van der Waals surface area contributed by atoms with E-state index >= 15 is 0 Å². The lowest BCUT2D eigenvalue weighted by molar-refractivity contribution is -0.115. The van der Waals surface area contributed by atoms with Gasteiger partial charge in [-0.3, -0.25) is 9.48 Å². The van der Waals surface area contributed by atoms with Crippen molar-refractivity contribution < 1.29 is 9.53 Å². The van der Waals surface area contributed by atoms with Crippen LogP contribution in [0.2, 0.25) is 0 Å². The van der Waals surface area contributed by atoms with E-state index in [2.05, 4.69) is 31.2 Å². The molecule has 0 bridgehead atoms. The molecule has 0 aliphatic heterocycles. The zero-order valence-corrected chi connectivity index (χ0v) is 16.9. The summed E-state index contributed by atoms with van der Waals surface area (Å²) in [5.74, 6) is 0.699. The lowest BCUT2D eigenvalue weighted by Crippen LogP contribution is -2.16. The lowest BCUT2D eigenvalue weighted by atomic mass is 9.92. The molecule has 1 aromatic heterocycles. The lowest BCUT2D eigenvalue weighted by Gasteiger charge is -2.13. The minimum Gasteiger partial charge on any atom is -0.489 e. The molecule has 1 heterocycles. The Morgan fingerprint density at radius 2 is 1.75 bits per heavy atom. The van der Waals surface area contributed by atoms with Crippen molar-refractivity contribution in [2.24, 2.45) is 7.05 Å². The van der Waals surface area contributed by atoms with Gasteiger partial charge in [-0.05, 0) is 35.9 Å². The third kappa shape index (κ3) is 5.22. The van der Waals surface area contributed by atoms with Crippen LogP contribution in [-0.4, -0.2) is 15.7 Å². The quantitative estimate of drug-likeness (QED) is 0.689. The van der Waals surface area contributed by atoms with Crippen LogP contribution in [0, 0.1) is 0 Å². The Morgan fingerprint density at radius 1 is 1.07 bits per heavy atom. The van der Waals surface area contributed by atoms with E-state index in [9.17, 15) is 4.79 Å². The van der Waals surface area contributed by atoms with Gasteiger partial charge in [0.1, 0.15) is 12.4 Å². The van der Waals surface area contributed by atoms with Gasteiger partial charge >= 0.3 is 0 Å². The van der Waals surface area contributed by atoms with Crippen LogP contribution in [0.5, 0.6) is 5.75 Å². The number of rotatable bonds is 6. The standard InChI is InChI=1S/C23H27N3O2/c1-23(2,3)21-14-19(26(4)25-21)15-22(27)24-18-10-12-20(13-11-18)28-16-17-8-6-5-7-9-17/h5-14H,15-16H2,1-4H3,(H,24,27). The third-order valence-electron chi connectivity index (χ3n) is 4.47. The van der Waals surface area contributed by atoms with Crippen molar-refractivity contribution in [3.63, 3.8) is 0 Å². The molecule has 3 rings (SSSR count). The Kier molecular flexibility index (Phi) is 5.83. The van der Waals surface area contributed by atoms with Crippen LogP contribution in [0.4, 0.5) is 5.69 Å². The summed E-state index contributed by atoms with van der Waals surface area (Å²) in [4.78, 5) is 12.4. The Bertz CT molecular complexity index is 923.